The molecule has 0 saturated carbocycles. The summed E-state index contributed by atoms with van der Waals surface area (Å²) >= 11 is 1.65. The van der Waals surface area contributed by atoms with Gasteiger partial charge in [0.05, 0.1) is 10.6 Å². The largest absolute Gasteiger partial charge is 0.350 e. The second-order valence-electron chi connectivity index (χ2n) is 4.91. The maximum atomic E-state index is 12.1. The summed E-state index contributed by atoms with van der Waals surface area (Å²) in [6.45, 7) is 2.30. The molecule has 112 valence electrons. The third-order valence-electron chi connectivity index (χ3n) is 3.37. The number of aromatic nitrogens is 3. The molecular formula is C16H16N4OS. The van der Waals surface area contributed by atoms with Gasteiger partial charge >= 0.3 is 0 Å². The molecule has 1 unspecified atom stereocenters. The van der Waals surface area contributed by atoms with Crippen molar-refractivity contribution >= 4 is 17.2 Å². The highest BCUT2D eigenvalue weighted by molar-refractivity contribution is 7.13. The number of pyridine rings is 1. The first-order valence-electron chi connectivity index (χ1n) is 6.99. The summed E-state index contributed by atoms with van der Waals surface area (Å²) in [4.78, 5) is 17.6. The average Bonchev–Trinajstić information content (AvgIpc) is 3.24. The third kappa shape index (κ3) is 3.23. The lowest BCUT2D eigenvalue weighted by molar-refractivity contribution is -0.124. The molecule has 0 saturated heterocycles. The zero-order chi connectivity index (χ0) is 15.4. The Hall–Kier alpha value is -2.47. The number of hydrogen-bond acceptors (Lipinski definition) is 4. The van der Waals surface area contributed by atoms with Crippen LogP contribution in [0.1, 0.15) is 18.5 Å². The van der Waals surface area contributed by atoms with E-state index in [-0.39, 0.29) is 11.9 Å². The van der Waals surface area contributed by atoms with Gasteiger partial charge in [0.2, 0.25) is 5.91 Å². The standard InChI is InChI=1S/C16H16N4OS/c1-12(20-8-3-6-19-20)16(21)18-11-13-5-7-17-14(10-13)15-4-2-9-22-15/h2-10,12H,11H2,1H3,(H,18,21). The number of amides is 1. The van der Waals surface area contributed by atoms with Crippen LogP contribution < -0.4 is 5.32 Å². The van der Waals surface area contributed by atoms with Crippen molar-refractivity contribution in [1.82, 2.24) is 20.1 Å². The summed E-state index contributed by atoms with van der Waals surface area (Å²) in [5.74, 6) is -0.0572. The number of nitrogens with zero attached hydrogens (tertiary/aromatic N) is 3. The minimum atomic E-state index is -0.325. The summed E-state index contributed by atoms with van der Waals surface area (Å²) < 4.78 is 1.64. The Kier molecular flexibility index (Phi) is 4.29. The third-order valence-corrected chi connectivity index (χ3v) is 4.26. The number of nitrogens with one attached hydrogen (secondary N) is 1. The van der Waals surface area contributed by atoms with Crippen LogP contribution in [0.25, 0.3) is 10.6 Å². The molecule has 0 aromatic carbocycles. The monoisotopic (exact) mass is 312 g/mol. The number of hydrogen-bond donors (Lipinski definition) is 1. The zero-order valence-electron chi connectivity index (χ0n) is 12.1. The predicted molar refractivity (Wildman–Crippen MR) is 86.3 cm³/mol. The second-order valence-corrected chi connectivity index (χ2v) is 5.85. The number of carbonyl (C=O) groups excluding carboxylic acids is 1. The van der Waals surface area contributed by atoms with Crippen LogP contribution >= 0.6 is 11.3 Å². The minimum Gasteiger partial charge on any atom is -0.350 e. The molecule has 6 heteroatoms. The topological polar surface area (TPSA) is 59.8 Å². The van der Waals surface area contributed by atoms with Gasteiger partial charge in [-0.2, -0.15) is 5.10 Å². The van der Waals surface area contributed by atoms with E-state index in [4.69, 9.17) is 0 Å². The normalized spacial score (nSPS) is 12.0. The van der Waals surface area contributed by atoms with Gasteiger partial charge in [0.1, 0.15) is 6.04 Å². The van der Waals surface area contributed by atoms with Crippen molar-refractivity contribution < 1.29 is 4.79 Å². The zero-order valence-corrected chi connectivity index (χ0v) is 13.0. The van der Waals surface area contributed by atoms with E-state index in [2.05, 4.69) is 15.4 Å². The number of rotatable bonds is 5. The second kappa shape index (κ2) is 6.53. The lowest BCUT2D eigenvalue weighted by atomic mass is 10.2. The van der Waals surface area contributed by atoms with E-state index in [0.717, 1.165) is 16.1 Å². The molecule has 3 aromatic rings. The van der Waals surface area contributed by atoms with Crippen LogP contribution in [0.3, 0.4) is 0 Å². The molecule has 0 aliphatic heterocycles. The van der Waals surface area contributed by atoms with E-state index in [9.17, 15) is 4.79 Å². The lowest BCUT2D eigenvalue weighted by Gasteiger charge is -2.12. The van der Waals surface area contributed by atoms with Crippen LogP contribution in [0.2, 0.25) is 0 Å². The van der Waals surface area contributed by atoms with Crippen LogP contribution in [0, 0.1) is 0 Å². The predicted octanol–water partition coefficient (Wildman–Crippen LogP) is 2.88. The average molecular weight is 312 g/mol. The molecule has 22 heavy (non-hydrogen) atoms. The molecule has 1 amide bonds. The van der Waals surface area contributed by atoms with E-state index in [1.165, 1.54) is 0 Å². The van der Waals surface area contributed by atoms with E-state index in [1.807, 2.05) is 36.6 Å². The van der Waals surface area contributed by atoms with Crippen LogP contribution in [-0.4, -0.2) is 20.7 Å². The van der Waals surface area contributed by atoms with Crippen molar-refractivity contribution in [2.45, 2.75) is 19.5 Å². The van der Waals surface area contributed by atoms with E-state index in [1.54, 1.807) is 40.7 Å². The number of carbonyl (C=O) groups is 1. The SMILES string of the molecule is CC(C(=O)NCc1ccnc(-c2cccs2)c1)n1cccn1. The summed E-state index contributed by atoms with van der Waals surface area (Å²) in [5, 5.41) is 9.05. The Morgan fingerprint density at radius 3 is 3.00 bits per heavy atom. The van der Waals surface area contributed by atoms with Crippen molar-refractivity contribution in [3.8, 4) is 10.6 Å². The minimum absolute atomic E-state index is 0.0572. The van der Waals surface area contributed by atoms with Crippen molar-refractivity contribution in [2.75, 3.05) is 0 Å². The van der Waals surface area contributed by atoms with E-state index >= 15 is 0 Å². The molecule has 0 aliphatic rings. The molecule has 0 fully saturated rings. The van der Waals surface area contributed by atoms with Gasteiger partial charge in [-0.25, -0.2) is 0 Å². The fraction of sp³-hybridized carbons (Fsp3) is 0.188. The van der Waals surface area contributed by atoms with Crippen molar-refractivity contribution in [2.24, 2.45) is 0 Å². The highest BCUT2D eigenvalue weighted by Crippen LogP contribution is 2.23. The van der Waals surface area contributed by atoms with Gasteiger partial charge in [0.25, 0.3) is 0 Å². The Bertz CT molecular complexity index is 737. The van der Waals surface area contributed by atoms with Gasteiger partial charge in [0, 0.05) is 25.1 Å². The van der Waals surface area contributed by atoms with Gasteiger partial charge in [0.15, 0.2) is 0 Å². The van der Waals surface area contributed by atoms with E-state index in [0.29, 0.717) is 6.54 Å². The molecule has 0 radical (unpaired) electrons. The van der Waals surface area contributed by atoms with Crippen LogP contribution in [0.5, 0.6) is 0 Å². The maximum Gasteiger partial charge on any atom is 0.244 e. The molecule has 3 heterocycles. The fourth-order valence-electron chi connectivity index (χ4n) is 2.11. The van der Waals surface area contributed by atoms with Gasteiger partial charge in [-0.3, -0.25) is 14.5 Å². The molecule has 0 aliphatic carbocycles. The molecule has 0 spiro atoms. The molecule has 3 aromatic heterocycles. The first-order chi connectivity index (χ1) is 10.7. The first kappa shape index (κ1) is 14.5. The molecule has 0 bridgehead atoms. The molecular weight excluding hydrogens is 296 g/mol. The first-order valence-corrected chi connectivity index (χ1v) is 7.87. The van der Waals surface area contributed by atoms with Gasteiger partial charge in [-0.05, 0) is 42.1 Å². The van der Waals surface area contributed by atoms with Gasteiger partial charge in [-0.15, -0.1) is 11.3 Å². The Labute approximate surface area is 132 Å². The maximum absolute atomic E-state index is 12.1. The summed E-state index contributed by atoms with van der Waals surface area (Å²) in [6, 6.07) is 9.44. The highest BCUT2D eigenvalue weighted by atomic mass is 32.1. The van der Waals surface area contributed by atoms with Crippen molar-refractivity contribution in [1.29, 1.82) is 0 Å². The highest BCUT2D eigenvalue weighted by Gasteiger charge is 2.14. The molecule has 1 N–H and O–H groups in total. The van der Waals surface area contributed by atoms with E-state index < -0.39 is 0 Å². The van der Waals surface area contributed by atoms with Crippen LogP contribution in [0.15, 0.2) is 54.3 Å². The summed E-state index contributed by atoms with van der Waals surface area (Å²) in [5.41, 5.74) is 1.96. The van der Waals surface area contributed by atoms with Gasteiger partial charge in [-0.1, -0.05) is 6.07 Å². The Morgan fingerprint density at radius 1 is 1.36 bits per heavy atom. The summed E-state index contributed by atoms with van der Waals surface area (Å²) in [7, 11) is 0. The quantitative estimate of drug-likeness (QED) is 0.788. The number of thiophene rings is 1. The lowest BCUT2D eigenvalue weighted by Crippen LogP contribution is -2.30. The smallest absolute Gasteiger partial charge is 0.244 e. The Morgan fingerprint density at radius 2 is 2.27 bits per heavy atom. The van der Waals surface area contributed by atoms with Crippen LogP contribution in [-0.2, 0) is 11.3 Å². The van der Waals surface area contributed by atoms with Gasteiger partial charge < -0.3 is 5.32 Å². The molecule has 3 rings (SSSR count). The molecule has 1 atom stereocenters. The van der Waals surface area contributed by atoms with Crippen molar-refractivity contribution in [3.05, 3.63) is 59.9 Å². The molecule has 5 nitrogen and oxygen atoms in total. The van der Waals surface area contributed by atoms with Crippen molar-refractivity contribution in [3.63, 3.8) is 0 Å². The Balaban J connectivity index is 1.64. The fourth-order valence-corrected chi connectivity index (χ4v) is 2.80. The van der Waals surface area contributed by atoms with Crippen LogP contribution in [0.4, 0.5) is 0 Å². The summed E-state index contributed by atoms with van der Waals surface area (Å²) in [6.07, 6.45) is 5.22.